The normalized spacial score (nSPS) is 20.7. The lowest BCUT2D eigenvalue weighted by Gasteiger charge is -2.45. The molecule has 2 aliphatic rings. The highest BCUT2D eigenvalue weighted by atomic mass is 19.3. The summed E-state index contributed by atoms with van der Waals surface area (Å²) in [5, 5.41) is 9.63. The molecule has 0 amide bonds. The number of nitrogens with zero attached hydrogens (tertiary/aromatic N) is 5. The Hall–Kier alpha value is -4.19. The second-order valence-corrected chi connectivity index (χ2v) is 10.2. The Morgan fingerprint density at radius 3 is 2.55 bits per heavy atom. The predicted octanol–water partition coefficient (Wildman–Crippen LogP) is 4.21. The second kappa shape index (κ2) is 10.4. The largest absolute Gasteiger partial charge is 0.481 e. The molecule has 0 aliphatic carbocycles. The van der Waals surface area contributed by atoms with Gasteiger partial charge in [0.2, 0.25) is 5.95 Å². The minimum atomic E-state index is -2.95. The number of ether oxygens (including phenoxy) is 2. The third-order valence-corrected chi connectivity index (χ3v) is 7.66. The first-order valence-electron chi connectivity index (χ1n) is 12.9. The van der Waals surface area contributed by atoms with Crippen LogP contribution >= 0.6 is 0 Å². The summed E-state index contributed by atoms with van der Waals surface area (Å²) in [6.45, 7) is 0.493. The molecule has 40 heavy (non-hydrogen) atoms. The molecule has 2 saturated heterocycles. The first-order valence-corrected chi connectivity index (χ1v) is 12.9. The van der Waals surface area contributed by atoms with E-state index in [0.717, 1.165) is 0 Å². The number of para-hydroxylation sites is 1. The van der Waals surface area contributed by atoms with Gasteiger partial charge >= 0.3 is 12.6 Å². The van der Waals surface area contributed by atoms with Gasteiger partial charge in [-0.25, -0.2) is 19.3 Å². The van der Waals surface area contributed by atoms with Crippen LogP contribution in [0, 0.1) is 30.5 Å². The van der Waals surface area contributed by atoms with E-state index in [9.17, 15) is 18.7 Å². The lowest BCUT2D eigenvalue weighted by atomic mass is 9.76. The zero-order valence-corrected chi connectivity index (χ0v) is 21.5. The van der Waals surface area contributed by atoms with Crippen LogP contribution < -0.4 is 9.64 Å². The van der Waals surface area contributed by atoms with Crippen LogP contribution in [0.4, 0.5) is 19.1 Å². The van der Waals surface area contributed by atoms with Gasteiger partial charge in [0.15, 0.2) is 0 Å². The summed E-state index contributed by atoms with van der Waals surface area (Å²) in [6, 6.07) is 7.86. The Morgan fingerprint density at radius 1 is 1.18 bits per heavy atom. The quantitative estimate of drug-likeness (QED) is 0.363. The van der Waals surface area contributed by atoms with Gasteiger partial charge in [0.25, 0.3) is 0 Å². The van der Waals surface area contributed by atoms with Gasteiger partial charge in [0.1, 0.15) is 17.2 Å². The molecular formula is C28H26F3N5O4. The molecule has 0 spiro atoms. The Morgan fingerprint density at radius 2 is 1.88 bits per heavy atom. The topological polar surface area (TPSA) is 102 Å². The number of rotatable bonds is 7. The first-order chi connectivity index (χ1) is 19.3. The second-order valence-electron chi connectivity index (χ2n) is 10.2. The number of hydrogen-bond acceptors (Lipinski definition) is 7. The van der Waals surface area contributed by atoms with Crippen LogP contribution in [0.5, 0.6) is 5.75 Å². The summed E-state index contributed by atoms with van der Waals surface area (Å²) in [6.07, 6.45) is 4.93. The number of carbonyl (C=O) groups is 1. The molecule has 9 nitrogen and oxygen atoms in total. The summed E-state index contributed by atoms with van der Waals surface area (Å²) in [7, 11) is 0. The third kappa shape index (κ3) is 4.83. The van der Waals surface area contributed by atoms with Crippen molar-refractivity contribution in [3.63, 3.8) is 0 Å². The molecule has 1 aromatic carbocycles. The molecule has 12 heteroatoms. The number of alkyl halides is 2. The van der Waals surface area contributed by atoms with E-state index in [1.54, 1.807) is 35.7 Å². The van der Waals surface area contributed by atoms with Gasteiger partial charge in [-0.05, 0) is 13.0 Å². The van der Waals surface area contributed by atoms with E-state index in [1.165, 1.54) is 24.5 Å². The maximum absolute atomic E-state index is 15.2. The number of hydrogen-bond donors (Lipinski definition) is 1. The molecule has 2 fully saturated rings. The van der Waals surface area contributed by atoms with Crippen molar-refractivity contribution in [1.29, 1.82) is 0 Å². The van der Waals surface area contributed by atoms with E-state index in [-0.39, 0.29) is 29.6 Å². The van der Waals surface area contributed by atoms with Crippen molar-refractivity contribution in [2.24, 2.45) is 17.8 Å². The van der Waals surface area contributed by atoms with Crippen molar-refractivity contribution in [2.75, 3.05) is 31.2 Å². The molecule has 6 rings (SSSR count). The number of aliphatic carboxylic acids is 1. The number of benzene rings is 1. The number of anilines is 1. The number of imidazole rings is 1. The van der Waals surface area contributed by atoms with Crippen molar-refractivity contribution < 1.29 is 32.5 Å². The smallest absolute Gasteiger partial charge is 0.387 e. The first kappa shape index (κ1) is 26.1. The van der Waals surface area contributed by atoms with Gasteiger partial charge in [0.05, 0.1) is 24.8 Å². The van der Waals surface area contributed by atoms with Gasteiger partial charge in [0, 0.05) is 78.4 Å². The van der Waals surface area contributed by atoms with Crippen molar-refractivity contribution in [2.45, 2.75) is 20.0 Å². The molecule has 2 unspecified atom stereocenters. The standard InChI is InChI=1S/C28H26F3N5O4/c1-15-22(6-16-4-2-3-5-23(16)40-27(30)31)36-12-20(21(29)7-24(36)34-15)17-8-32-28(33-9-17)35-10-18-13-39-14-19(11-35)25(18)26(37)38/h2-5,7-9,12,18-19,25,27H,6,10-11,13-14H2,1H3,(H,37,38). The zero-order chi connectivity index (χ0) is 28.0. The maximum Gasteiger partial charge on any atom is 0.387 e. The van der Waals surface area contributed by atoms with E-state index in [1.807, 2.05) is 4.90 Å². The third-order valence-electron chi connectivity index (χ3n) is 7.66. The molecule has 4 aromatic rings. The fraction of sp³-hybridized carbons (Fsp3) is 0.357. The number of piperidine rings is 1. The number of fused-ring (bicyclic) bond motifs is 3. The lowest BCUT2D eigenvalue weighted by molar-refractivity contribution is -0.154. The van der Waals surface area contributed by atoms with Gasteiger partial charge in [-0.1, -0.05) is 18.2 Å². The molecule has 3 aromatic heterocycles. The van der Waals surface area contributed by atoms with Crippen LogP contribution in [0.3, 0.4) is 0 Å². The molecule has 1 N–H and O–H groups in total. The molecule has 208 valence electrons. The van der Waals surface area contributed by atoms with Gasteiger partial charge in [-0.3, -0.25) is 4.79 Å². The Kier molecular flexibility index (Phi) is 6.78. The summed E-state index contributed by atoms with van der Waals surface area (Å²) in [5.74, 6) is -1.57. The number of aryl methyl sites for hydroxylation is 1. The fourth-order valence-corrected chi connectivity index (χ4v) is 5.82. The summed E-state index contributed by atoms with van der Waals surface area (Å²) < 4.78 is 53.1. The van der Waals surface area contributed by atoms with Crippen LogP contribution in [0.25, 0.3) is 16.8 Å². The summed E-state index contributed by atoms with van der Waals surface area (Å²) in [5.41, 5.74) is 2.97. The number of carboxylic acids is 1. The summed E-state index contributed by atoms with van der Waals surface area (Å²) >= 11 is 0. The number of pyridine rings is 1. The highest BCUT2D eigenvalue weighted by molar-refractivity contribution is 5.72. The molecule has 5 heterocycles. The van der Waals surface area contributed by atoms with Crippen LogP contribution in [-0.2, 0) is 16.0 Å². The van der Waals surface area contributed by atoms with Crippen molar-refractivity contribution in [3.05, 3.63) is 71.7 Å². The summed E-state index contributed by atoms with van der Waals surface area (Å²) in [4.78, 5) is 27.1. The monoisotopic (exact) mass is 553 g/mol. The minimum absolute atomic E-state index is 0.0706. The highest BCUT2D eigenvalue weighted by Crippen LogP contribution is 2.35. The van der Waals surface area contributed by atoms with Gasteiger partial charge < -0.3 is 23.9 Å². The Balaban J connectivity index is 1.29. The van der Waals surface area contributed by atoms with Crippen molar-refractivity contribution in [1.82, 2.24) is 19.4 Å². The maximum atomic E-state index is 15.2. The molecule has 0 radical (unpaired) electrons. The van der Waals surface area contributed by atoms with Gasteiger partial charge in [-0.2, -0.15) is 8.78 Å². The van der Waals surface area contributed by atoms with E-state index < -0.39 is 24.3 Å². The average Bonchev–Trinajstić information content (AvgIpc) is 3.21. The van der Waals surface area contributed by atoms with Gasteiger partial charge in [-0.15, -0.1) is 0 Å². The molecule has 0 saturated carbocycles. The van der Waals surface area contributed by atoms with Crippen LogP contribution in [-0.4, -0.2) is 63.3 Å². The minimum Gasteiger partial charge on any atom is -0.481 e. The number of carboxylic acid groups (broad SMARTS) is 1. The van der Waals surface area contributed by atoms with Crippen molar-refractivity contribution in [3.8, 4) is 16.9 Å². The number of halogens is 3. The van der Waals surface area contributed by atoms with E-state index >= 15 is 4.39 Å². The molecule has 2 atom stereocenters. The fourth-order valence-electron chi connectivity index (χ4n) is 5.82. The average molecular weight is 554 g/mol. The van der Waals surface area contributed by atoms with E-state index in [2.05, 4.69) is 19.7 Å². The van der Waals surface area contributed by atoms with Crippen molar-refractivity contribution >= 4 is 17.6 Å². The Bertz CT molecular complexity index is 1550. The molecule has 2 aliphatic heterocycles. The Labute approximate surface area is 227 Å². The van der Waals surface area contributed by atoms with Crippen LogP contribution in [0.1, 0.15) is 17.0 Å². The van der Waals surface area contributed by atoms with Crippen LogP contribution in [0.15, 0.2) is 48.9 Å². The molecular weight excluding hydrogens is 527 g/mol. The zero-order valence-electron chi connectivity index (χ0n) is 21.5. The number of aromatic nitrogens is 4. The van der Waals surface area contributed by atoms with E-state index in [0.29, 0.717) is 60.4 Å². The van der Waals surface area contributed by atoms with Crippen LogP contribution in [0.2, 0.25) is 0 Å². The predicted molar refractivity (Wildman–Crippen MR) is 138 cm³/mol. The SMILES string of the molecule is Cc1nc2cc(F)c(-c3cnc(N4CC5COCC(C4)C5C(=O)O)nc3)cn2c1Cc1ccccc1OC(F)F. The highest BCUT2D eigenvalue weighted by Gasteiger charge is 2.45. The lowest BCUT2D eigenvalue weighted by Crippen LogP contribution is -2.55. The molecule has 2 bridgehead atoms. The van der Waals surface area contributed by atoms with E-state index in [4.69, 9.17) is 4.74 Å².